The van der Waals surface area contributed by atoms with E-state index in [1.807, 2.05) is 6.07 Å². The van der Waals surface area contributed by atoms with Gasteiger partial charge in [-0.1, -0.05) is 12.1 Å². The first kappa shape index (κ1) is 23.5. The zero-order valence-electron chi connectivity index (χ0n) is 16.4. The Morgan fingerprint density at radius 1 is 1.07 bits per heavy atom. The maximum atomic E-state index is 12.2. The first-order chi connectivity index (χ1) is 14.1. The second-order valence-corrected chi connectivity index (χ2v) is 10.3. The molecule has 2 rings (SSSR count). The Morgan fingerprint density at radius 2 is 1.73 bits per heavy atom. The van der Waals surface area contributed by atoms with Crippen LogP contribution in [0.1, 0.15) is 22.3 Å². The number of hydrogen-bond donors (Lipinski definition) is 1. The molecule has 0 unspecified atom stereocenters. The zero-order chi connectivity index (χ0) is 22.4. The zero-order valence-corrected chi connectivity index (χ0v) is 18.0. The number of sulfonamides is 2. The van der Waals surface area contributed by atoms with Gasteiger partial charge in [-0.25, -0.2) is 30.7 Å². The number of nitrogens with one attached hydrogen (secondary N) is 1. The number of rotatable bonds is 9. The van der Waals surface area contributed by atoms with E-state index in [9.17, 15) is 21.6 Å². The summed E-state index contributed by atoms with van der Waals surface area (Å²) in [5.74, 6) is -0.683. The summed E-state index contributed by atoms with van der Waals surface area (Å²) in [6, 6.07) is 13.0. The molecule has 0 aliphatic carbocycles. The van der Waals surface area contributed by atoms with Gasteiger partial charge in [0.05, 0.1) is 21.4 Å². The monoisotopic (exact) mass is 451 g/mol. The lowest BCUT2D eigenvalue weighted by molar-refractivity contribution is 0.0472. The predicted octanol–water partition coefficient (Wildman–Crippen LogP) is 1.49. The quantitative estimate of drug-likeness (QED) is 0.451. The predicted molar refractivity (Wildman–Crippen MR) is 108 cm³/mol. The minimum absolute atomic E-state index is 0.00870. The number of benzene rings is 2. The smallest absolute Gasteiger partial charge is 0.338 e. The van der Waals surface area contributed by atoms with Crippen LogP contribution in [-0.4, -0.2) is 47.8 Å². The summed E-state index contributed by atoms with van der Waals surface area (Å²) in [5.41, 5.74) is 0.634. The Kier molecular flexibility index (Phi) is 7.69. The maximum absolute atomic E-state index is 12.2. The number of nitrogens with zero attached hydrogens (tertiary/aromatic N) is 2. The number of carbonyl (C=O) groups excluding carboxylic acids is 1. The van der Waals surface area contributed by atoms with Gasteiger partial charge >= 0.3 is 5.97 Å². The third-order valence-electron chi connectivity index (χ3n) is 3.98. The van der Waals surface area contributed by atoms with Crippen molar-refractivity contribution in [3.63, 3.8) is 0 Å². The van der Waals surface area contributed by atoms with E-state index in [0.29, 0.717) is 5.56 Å². The van der Waals surface area contributed by atoms with Crippen LogP contribution in [0.4, 0.5) is 0 Å². The third kappa shape index (κ3) is 5.87. The summed E-state index contributed by atoms with van der Waals surface area (Å²) in [5, 5.41) is 8.48. The number of esters is 1. The molecule has 2 aromatic carbocycles. The highest BCUT2D eigenvalue weighted by molar-refractivity contribution is 7.89. The van der Waals surface area contributed by atoms with Gasteiger partial charge in [-0.15, -0.1) is 0 Å². The van der Waals surface area contributed by atoms with Crippen molar-refractivity contribution in [1.82, 2.24) is 9.03 Å². The molecule has 0 saturated heterocycles. The van der Waals surface area contributed by atoms with Crippen molar-refractivity contribution >= 4 is 26.0 Å². The molecule has 9 nitrogen and oxygen atoms in total. The first-order valence-corrected chi connectivity index (χ1v) is 11.7. The molecular formula is C19H21N3O6S2. The van der Waals surface area contributed by atoms with Gasteiger partial charge in [0.25, 0.3) is 0 Å². The van der Waals surface area contributed by atoms with Gasteiger partial charge in [-0.3, -0.25) is 0 Å². The van der Waals surface area contributed by atoms with Gasteiger partial charge < -0.3 is 4.74 Å². The van der Waals surface area contributed by atoms with Gasteiger partial charge in [-0.05, 0) is 42.0 Å². The SMILES string of the molecule is CN(C)S(=O)(=O)c1cccc(COC(=O)c2ccc(S(=O)(=O)NCCC#N)cc2)c1. The van der Waals surface area contributed by atoms with Crippen LogP contribution in [0.5, 0.6) is 0 Å². The molecule has 0 aromatic heterocycles. The molecule has 2 aromatic rings. The number of nitriles is 1. The van der Waals surface area contributed by atoms with Crippen LogP contribution in [-0.2, 0) is 31.4 Å². The van der Waals surface area contributed by atoms with E-state index >= 15 is 0 Å². The third-order valence-corrected chi connectivity index (χ3v) is 7.26. The number of ether oxygens (including phenoxy) is 1. The van der Waals surface area contributed by atoms with Crippen molar-refractivity contribution in [2.75, 3.05) is 20.6 Å². The fourth-order valence-electron chi connectivity index (χ4n) is 2.33. The molecule has 0 radical (unpaired) electrons. The summed E-state index contributed by atoms with van der Waals surface area (Å²) in [6.45, 7) is -0.156. The molecular weight excluding hydrogens is 430 g/mol. The fraction of sp³-hybridized carbons (Fsp3) is 0.263. The first-order valence-electron chi connectivity index (χ1n) is 8.73. The number of hydrogen-bond acceptors (Lipinski definition) is 7. The molecule has 1 N–H and O–H groups in total. The van der Waals surface area contributed by atoms with E-state index < -0.39 is 26.0 Å². The summed E-state index contributed by atoms with van der Waals surface area (Å²) in [6.07, 6.45) is 0.0423. The van der Waals surface area contributed by atoms with Crippen LogP contribution in [0.2, 0.25) is 0 Å². The van der Waals surface area contributed by atoms with E-state index in [1.165, 1.54) is 50.5 Å². The van der Waals surface area contributed by atoms with Crippen LogP contribution in [0.3, 0.4) is 0 Å². The molecule has 0 fully saturated rings. The Balaban J connectivity index is 2.05. The van der Waals surface area contributed by atoms with Gasteiger partial charge in [0.15, 0.2) is 0 Å². The van der Waals surface area contributed by atoms with Crippen LogP contribution >= 0.6 is 0 Å². The lowest BCUT2D eigenvalue weighted by Crippen LogP contribution is -2.24. The summed E-state index contributed by atoms with van der Waals surface area (Å²) in [7, 11) is -4.53. The Labute approximate surface area is 176 Å². The van der Waals surface area contributed by atoms with E-state index in [1.54, 1.807) is 12.1 Å². The topological polar surface area (TPSA) is 134 Å². The van der Waals surface area contributed by atoms with Crippen LogP contribution in [0, 0.1) is 11.3 Å². The highest BCUT2D eigenvalue weighted by Gasteiger charge is 2.18. The van der Waals surface area contributed by atoms with Crippen molar-refractivity contribution < 1.29 is 26.4 Å². The number of carbonyl (C=O) groups is 1. The fourth-order valence-corrected chi connectivity index (χ4v) is 4.34. The highest BCUT2D eigenvalue weighted by atomic mass is 32.2. The summed E-state index contributed by atoms with van der Waals surface area (Å²) < 4.78 is 57.1. The maximum Gasteiger partial charge on any atom is 0.338 e. The van der Waals surface area contributed by atoms with Crippen molar-refractivity contribution in [2.45, 2.75) is 22.8 Å². The van der Waals surface area contributed by atoms with Crippen molar-refractivity contribution in [3.8, 4) is 6.07 Å². The van der Waals surface area contributed by atoms with Gasteiger partial charge in [0, 0.05) is 27.1 Å². The van der Waals surface area contributed by atoms with E-state index in [0.717, 1.165) is 4.31 Å². The second kappa shape index (κ2) is 9.82. The van der Waals surface area contributed by atoms with Gasteiger partial charge in [0.1, 0.15) is 6.61 Å². The molecule has 0 saturated carbocycles. The van der Waals surface area contributed by atoms with Crippen LogP contribution < -0.4 is 4.72 Å². The molecule has 0 aliphatic heterocycles. The summed E-state index contributed by atoms with van der Waals surface area (Å²) in [4.78, 5) is 12.3. The van der Waals surface area contributed by atoms with Gasteiger partial charge in [-0.2, -0.15) is 5.26 Å². The summed E-state index contributed by atoms with van der Waals surface area (Å²) >= 11 is 0. The van der Waals surface area contributed by atoms with Crippen LogP contribution in [0.15, 0.2) is 58.3 Å². The van der Waals surface area contributed by atoms with Crippen molar-refractivity contribution in [2.24, 2.45) is 0 Å². The minimum atomic E-state index is -3.77. The highest BCUT2D eigenvalue weighted by Crippen LogP contribution is 2.16. The Morgan fingerprint density at radius 3 is 2.33 bits per heavy atom. The molecule has 0 aliphatic rings. The molecule has 11 heteroatoms. The average Bonchev–Trinajstić information content (AvgIpc) is 2.72. The molecule has 0 bridgehead atoms. The normalized spacial score (nSPS) is 11.8. The molecule has 0 spiro atoms. The lowest BCUT2D eigenvalue weighted by Gasteiger charge is -2.12. The standard InChI is InChI=1S/C19H21N3O6S2/c1-22(2)30(26,27)18-6-3-5-15(13-18)14-28-19(23)16-7-9-17(10-8-16)29(24,25)21-12-4-11-20/h3,5-10,13,21H,4,12,14H2,1-2H3. The molecule has 0 heterocycles. The minimum Gasteiger partial charge on any atom is -0.457 e. The molecule has 160 valence electrons. The van der Waals surface area contributed by atoms with Gasteiger partial charge in [0.2, 0.25) is 20.0 Å². The van der Waals surface area contributed by atoms with E-state index in [2.05, 4.69) is 4.72 Å². The van der Waals surface area contributed by atoms with E-state index in [-0.39, 0.29) is 34.9 Å². The van der Waals surface area contributed by atoms with Crippen LogP contribution in [0.25, 0.3) is 0 Å². The van der Waals surface area contributed by atoms with Crippen molar-refractivity contribution in [1.29, 1.82) is 5.26 Å². The Bertz CT molecular complexity index is 1150. The molecule has 0 amide bonds. The molecule has 30 heavy (non-hydrogen) atoms. The lowest BCUT2D eigenvalue weighted by atomic mass is 10.2. The van der Waals surface area contributed by atoms with Crippen molar-refractivity contribution in [3.05, 3.63) is 59.7 Å². The second-order valence-electron chi connectivity index (χ2n) is 6.34. The van der Waals surface area contributed by atoms with E-state index in [4.69, 9.17) is 10.00 Å². The average molecular weight is 452 g/mol. The molecule has 0 atom stereocenters. The largest absolute Gasteiger partial charge is 0.457 e. The Hall–Kier alpha value is -2.78.